The molecule has 3 aromatic heterocycles. The average molecular weight is 520 g/mol. The molecule has 0 aliphatic carbocycles. The zero-order valence-electron chi connectivity index (χ0n) is 18.8. The number of aromatic nitrogens is 5. The van der Waals surface area contributed by atoms with E-state index < -0.39 is 49.7 Å². The lowest BCUT2D eigenvalue weighted by molar-refractivity contribution is -0.0924. The van der Waals surface area contributed by atoms with Gasteiger partial charge in [-0.3, -0.25) is 32.9 Å². The Morgan fingerprint density at radius 3 is 3.06 bits per heavy atom. The van der Waals surface area contributed by atoms with Crippen LogP contribution in [0.25, 0.3) is 11.2 Å². The second-order valence-electron chi connectivity index (χ2n) is 8.62. The number of imidazole rings is 1. The number of ether oxygens (including phenoxy) is 3. The number of H-pyrrole nitrogens is 1. The number of nitrogen functional groups attached to an aromatic ring is 1. The molecule has 0 radical (unpaired) electrons. The van der Waals surface area contributed by atoms with Crippen LogP contribution >= 0.6 is 7.82 Å². The van der Waals surface area contributed by atoms with Gasteiger partial charge >= 0.3 is 14.0 Å². The predicted octanol–water partition coefficient (Wildman–Crippen LogP) is 1.59. The van der Waals surface area contributed by atoms with E-state index in [-0.39, 0.29) is 30.3 Å². The van der Waals surface area contributed by atoms with Gasteiger partial charge in [0.15, 0.2) is 29.1 Å². The maximum absolute atomic E-state index is 13.2. The smallest absolute Gasteiger partial charge is 0.424 e. The molecule has 0 bridgehead atoms. The predicted molar refractivity (Wildman–Crippen MR) is 118 cm³/mol. The molecule has 16 heteroatoms. The lowest BCUT2D eigenvalue weighted by Crippen LogP contribution is -2.42. The number of rotatable bonds is 5. The van der Waals surface area contributed by atoms with Gasteiger partial charge in [0.1, 0.15) is 12.4 Å². The van der Waals surface area contributed by atoms with Crippen LogP contribution in [0, 0.1) is 0 Å². The van der Waals surface area contributed by atoms with Gasteiger partial charge in [-0.15, -0.1) is 0 Å². The average Bonchev–Trinajstić information content (AvgIpc) is 3.47. The Bertz CT molecular complexity index is 1430. The molecule has 0 aromatic carbocycles. The standard InChI is InChI=1S/C20H21N6O9P/c1-20-14(33-19(28)34-20)12(32-17(20)26-9-23-15-13(26)16(27)25-18(21)24-15)8-31-36(29)30-6-4-11(35-36)10-3-2-5-22-7-10/h2-3,5,7,9,11-12,14,17H,4,6,8H2,1H3,(H3,21,24,25,27)/t11-,12+,14+,17+,20+,36+/m0/s1. The Morgan fingerprint density at radius 1 is 1.39 bits per heavy atom. The summed E-state index contributed by atoms with van der Waals surface area (Å²) in [5.74, 6) is -0.0992. The molecular formula is C20H21N6O9P. The number of carbonyl (C=O) groups excluding carboxylic acids is 1. The number of nitrogens with zero attached hydrogens (tertiary/aromatic N) is 4. The fraction of sp³-hybridized carbons (Fsp3) is 0.450. The topological polar surface area (TPSA) is 192 Å². The van der Waals surface area contributed by atoms with Gasteiger partial charge in [-0.2, -0.15) is 4.98 Å². The zero-order chi connectivity index (χ0) is 25.1. The first kappa shape index (κ1) is 23.1. The first-order chi connectivity index (χ1) is 17.3. The molecule has 3 aromatic rings. The van der Waals surface area contributed by atoms with Gasteiger partial charge < -0.3 is 19.9 Å². The third kappa shape index (κ3) is 3.76. The van der Waals surface area contributed by atoms with E-state index in [2.05, 4.69) is 19.9 Å². The van der Waals surface area contributed by atoms with E-state index >= 15 is 0 Å². The van der Waals surface area contributed by atoms with E-state index in [1.54, 1.807) is 31.5 Å². The van der Waals surface area contributed by atoms with E-state index in [9.17, 15) is 14.2 Å². The molecular weight excluding hydrogens is 499 g/mol. The molecule has 190 valence electrons. The van der Waals surface area contributed by atoms with Gasteiger partial charge in [-0.05, 0) is 18.6 Å². The Hall–Kier alpha value is -3.36. The van der Waals surface area contributed by atoms with Crippen molar-refractivity contribution in [3.05, 3.63) is 46.8 Å². The third-order valence-corrected chi connectivity index (χ3v) is 7.75. The van der Waals surface area contributed by atoms with Crippen LogP contribution in [-0.4, -0.2) is 61.7 Å². The van der Waals surface area contributed by atoms with E-state index in [1.807, 2.05) is 0 Å². The molecule has 3 fully saturated rings. The first-order valence-electron chi connectivity index (χ1n) is 11.0. The molecule has 0 saturated carbocycles. The highest BCUT2D eigenvalue weighted by Crippen LogP contribution is 2.58. The van der Waals surface area contributed by atoms with Crippen molar-refractivity contribution in [1.29, 1.82) is 0 Å². The molecule has 6 heterocycles. The summed E-state index contributed by atoms with van der Waals surface area (Å²) in [4.78, 5) is 39.2. The second-order valence-corrected chi connectivity index (χ2v) is 10.2. The number of nitrogens with one attached hydrogen (secondary N) is 1. The van der Waals surface area contributed by atoms with E-state index in [1.165, 1.54) is 10.9 Å². The third-order valence-electron chi connectivity index (χ3n) is 6.27. The summed E-state index contributed by atoms with van der Waals surface area (Å²) >= 11 is 0. The van der Waals surface area contributed by atoms with Crippen LogP contribution < -0.4 is 11.3 Å². The van der Waals surface area contributed by atoms with Crippen molar-refractivity contribution in [3.8, 4) is 0 Å². The molecule has 3 saturated heterocycles. The van der Waals surface area contributed by atoms with Crippen molar-refractivity contribution in [1.82, 2.24) is 24.5 Å². The van der Waals surface area contributed by atoms with Gasteiger partial charge in [0.25, 0.3) is 5.56 Å². The lowest BCUT2D eigenvalue weighted by atomic mass is 9.96. The fourth-order valence-corrected chi connectivity index (χ4v) is 6.04. The van der Waals surface area contributed by atoms with E-state index in [4.69, 9.17) is 33.5 Å². The molecule has 0 unspecified atom stereocenters. The highest BCUT2D eigenvalue weighted by Gasteiger charge is 2.64. The van der Waals surface area contributed by atoms with Gasteiger partial charge in [-0.1, -0.05) is 6.07 Å². The molecule has 0 amide bonds. The summed E-state index contributed by atoms with van der Waals surface area (Å²) in [5, 5.41) is 0. The summed E-state index contributed by atoms with van der Waals surface area (Å²) in [6, 6.07) is 3.55. The largest absolute Gasteiger partial charge is 0.509 e. The molecule has 3 aliphatic heterocycles. The summed E-state index contributed by atoms with van der Waals surface area (Å²) < 4.78 is 48.1. The van der Waals surface area contributed by atoms with Crippen molar-refractivity contribution in [2.24, 2.45) is 0 Å². The van der Waals surface area contributed by atoms with E-state index in [0.29, 0.717) is 6.42 Å². The number of fused-ring (bicyclic) bond motifs is 2. The number of carbonyl (C=O) groups is 1. The highest BCUT2D eigenvalue weighted by molar-refractivity contribution is 7.48. The summed E-state index contributed by atoms with van der Waals surface area (Å²) in [6.45, 7) is 1.41. The van der Waals surface area contributed by atoms with Gasteiger partial charge in [0.05, 0.1) is 19.3 Å². The fourth-order valence-electron chi connectivity index (χ4n) is 4.64. The van der Waals surface area contributed by atoms with Gasteiger partial charge in [0, 0.05) is 18.8 Å². The molecule has 6 atom stereocenters. The molecule has 36 heavy (non-hydrogen) atoms. The Kier molecular flexibility index (Phi) is 5.35. The van der Waals surface area contributed by atoms with Crippen LogP contribution in [0.2, 0.25) is 0 Å². The first-order valence-corrected chi connectivity index (χ1v) is 12.5. The second kappa shape index (κ2) is 8.35. The number of hydrogen-bond acceptors (Lipinski definition) is 13. The van der Waals surface area contributed by atoms with Crippen molar-refractivity contribution in [3.63, 3.8) is 0 Å². The Labute approximate surface area is 202 Å². The number of phosphoric ester groups is 1. The minimum absolute atomic E-state index is 0.0600. The van der Waals surface area contributed by atoms with Crippen LogP contribution in [0.1, 0.15) is 31.2 Å². The molecule has 3 N–H and O–H groups in total. The number of hydrogen-bond donors (Lipinski definition) is 2. The van der Waals surface area contributed by atoms with Crippen molar-refractivity contribution in [2.45, 2.75) is 43.5 Å². The lowest BCUT2D eigenvalue weighted by Gasteiger charge is -2.29. The number of nitrogens with two attached hydrogens (primary N) is 1. The van der Waals surface area contributed by atoms with E-state index in [0.717, 1.165) is 5.56 Å². The van der Waals surface area contributed by atoms with Crippen LogP contribution in [0.5, 0.6) is 0 Å². The monoisotopic (exact) mass is 520 g/mol. The molecule has 6 rings (SSSR count). The number of aromatic amines is 1. The molecule has 15 nitrogen and oxygen atoms in total. The quantitative estimate of drug-likeness (QED) is 0.364. The molecule has 0 spiro atoms. The van der Waals surface area contributed by atoms with Crippen LogP contribution in [0.15, 0.2) is 35.6 Å². The maximum Gasteiger partial charge on any atom is 0.509 e. The van der Waals surface area contributed by atoms with Crippen molar-refractivity contribution >= 4 is 31.1 Å². The van der Waals surface area contributed by atoms with Crippen LogP contribution in [-0.2, 0) is 32.3 Å². The number of pyridine rings is 1. The van der Waals surface area contributed by atoms with Crippen LogP contribution in [0.3, 0.4) is 0 Å². The molecule has 3 aliphatic rings. The van der Waals surface area contributed by atoms with Crippen LogP contribution in [0.4, 0.5) is 10.7 Å². The normalized spacial score (nSPS) is 33.9. The van der Waals surface area contributed by atoms with Crippen molar-refractivity contribution in [2.75, 3.05) is 18.9 Å². The Morgan fingerprint density at radius 2 is 2.25 bits per heavy atom. The minimum Gasteiger partial charge on any atom is -0.424 e. The SMILES string of the molecule is C[C@@]12OC(=O)O[C@@H]1[C@@H](CO[P@@]1(=O)OCC[C@@H](c3cccnc3)O1)O[C@H]2n1cnc2nc(N)[nH]c(=O)c21. The Balaban J connectivity index is 1.25. The highest BCUT2D eigenvalue weighted by atomic mass is 31.2. The summed E-state index contributed by atoms with van der Waals surface area (Å²) in [6.07, 6.45) is 0.628. The van der Waals surface area contributed by atoms with Crippen molar-refractivity contribution < 1.29 is 37.1 Å². The maximum atomic E-state index is 13.2. The number of anilines is 1. The van der Waals surface area contributed by atoms with Gasteiger partial charge in [-0.25, -0.2) is 14.3 Å². The number of phosphoric acid groups is 1. The summed E-state index contributed by atoms with van der Waals surface area (Å²) in [7, 11) is -3.98. The van der Waals surface area contributed by atoms with Gasteiger partial charge in [0.2, 0.25) is 5.95 Å². The minimum atomic E-state index is -3.98. The zero-order valence-corrected chi connectivity index (χ0v) is 19.7. The summed E-state index contributed by atoms with van der Waals surface area (Å²) in [5.41, 5.74) is 4.56.